The Morgan fingerprint density at radius 1 is 1.62 bits per heavy atom. The molecule has 1 aliphatic heterocycles. The molecular formula is C7H11N. The van der Waals surface area contributed by atoms with Gasteiger partial charge in [0.15, 0.2) is 0 Å². The maximum atomic E-state index is 4.18. The minimum Gasteiger partial charge on any atom is -0.297 e. The molecule has 8 heavy (non-hydrogen) atoms. The van der Waals surface area contributed by atoms with Crippen molar-refractivity contribution in [3.05, 3.63) is 0 Å². The van der Waals surface area contributed by atoms with E-state index in [0.717, 1.165) is 18.4 Å². The minimum absolute atomic E-state index is 0.613. The molecule has 0 bridgehead atoms. The molecule has 2 atom stereocenters. The second-order valence-electron chi connectivity index (χ2n) is 3.47. The zero-order valence-electron chi connectivity index (χ0n) is 5.39. The minimum atomic E-state index is 0.613. The maximum Gasteiger partial charge on any atom is 0.0425 e. The van der Waals surface area contributed by atoms with Crippen molar-refractivity contribution in [2.45, 2.75) is 13.8 Å². The van der Waals surface area contributed by atoms with Gasteiger partial charge in [-0.3, -0.25) is 4.99 Å². The van der Waals surface area contributed by atoms with Crippen molar-refractivity contribution in [3.8, 4) is 0 Å². The summed E-state index contributed by atoms with van der Waals surface area (Å²) in [7, 11) is 0. The highest BCUT2D eigenvalue weighted by Crippen LogP contribution is 2.59. The first-order valence-corrected chi connectivity index (χ1v) is 3.23. The van der Waals surface area contributed by atoms with Crippen LogP contribution in [0.5, 0.6) is 0 Å². The van der Waals surface area contributed by atoms with E-state index in [4.69, 9.17) is 0 Å². The van der Waals surface area contributed by atoms with E-state index in [0.29, 0.717) is 5.41 Å². The van der Waals surface area contributed by atoms with E-state index in [1.165, 1.54) is 0 Å². The van der Waals surface area contributed by atoms with Crippen LogP contribution in [0.25, 0.3) is 0 Å². The van der Waals surface area contributed by atoms with E-state index >= 15 is 0 Å². The Bertz CT molecular complexity index is 146. The zero-order chi connectivity index (χ0) is 5.78. The topological polar surface area (TPSA) is 12.4 Å². The summed E-state index contributed by atoms with van der Waals surface area (Å²) >= 11 is 0. The van der Waals surface area contributed by atoms with Crippen molar-refractivity contribution >= 4 is 6.21 Å². The third-order valence-corrected chi connectivity index (χ3v) is 2.71. The fourth-order valence-electron chi connectivity index (χ4n) is 1.72. The van der Waals surface area contributed by atoms with E-state index < -0.39 is 0 Å². The average molecular weight is 109 g/mol. The maximum absolute atomic E-state index is 4.18. The Balaban J connectivity index is 2.24. The molecule has 0 saturated heterocycles. The van der Waals surface area contributed by atoms with Crippen molar-refractivity contribution in [1.29, 1.82) is 0 Å². The third-order valence-electron chi connectivity index (χ3n) is 2.71. The first-order chi connectivity index (χ1) is 3.73. The van der Waals surface area contributed by atoms with Crippen molar-refractivity contribution in [2.24, 2.45) is 22.2 Å². The van der Waals surface area contributed by atoms with Gasteiger partial charge in [0.25, 0.3) is 0 Å². The highest BCUT2D eigenvalue weighted by Gasteiger charge is 2.58. The van der Waals surface area contributed by atoms with Gasteiger partial charge in [-0.2, -0.15) is 0 Å². The van der Waals surface area contributed by atoms with E-state index in [2.05, 4.69) is 25.1 Å². The molecule has 0 amide bonds. The first-order valence-electron chi connectivity index (χ1n) is 3.23. The molecule has 1 aliphatic carbocycles. The van der Waals surface area contributed by atoms with Crippen molar-refractivity contribution < 1.29 is 0 Å². The summed E-state index contributed by atoms with van der Waals surface area (Å²) < 4.78 is 0. The Morgan fingerprint density at radius 3 is 2.62 bits per heavy atom. The van der Waals surface area contributed by atoms with Gasteiger partial charge in [0.05, 0.1) is 0 Å². The lowest BCUT2D eigenvalue weighted by Gasteiger charge is -2.00. The second-order valence-corrected chi connectivity index (χ2v) is 3.47. The van der Waals surface area contributed by atoms with Crippen LogP contribution in [0.4, 0.5) is 0 Å². The Labute approximate surface area is 49.8 Å². The number of hydrogen-bond donors (Lipinski definition) is 0. The van der Waals surface area contributed by atoms with E-state index in [1.54, 1.807) is 0 Å². The molecule has 2 rings (SSSR count). The quantitative estimate of drug-likeness (QED) is 0.445. The number of rotatable bonds is 0. The summed E-state index contributed by atoms with van der Waals surface area (Å²) in [5.74, 6) is 1.74. The molecule has 1 nitrogen and oxygen atoms in total. The van der Waals surface area contributed by atoms with Crippen LogP contribution in [-0.2, 0) is 0 Å². The Kier molecular flexibility index (Phi) is 0.565. The van der Waals surface area contributed by atoms with Crippen LogP contribution in [-0.4, -0.2) is 12.8 Å². The second kappa shape index (κ2) is 0.996. The van der Waals surface area contributed by atoms with Gasteiger partial charge in [-0.05, 0) is 11.3 Å². The van der Waals surface area contributed by atoms with Gasteiger partial charge in [0.1, 0.15) is 0 Å². The summed E-state index contributed by atoms with van der Waals surface area (Å²) in [5.41, 5.74) is 0.613. The lowest BCUT2D eigenvalue weighted by Crippen LogP contribution is -1.96. The van der Waals surface area contributed by atoms with E-state index in [1.807, 2.05) is 0 Å². The standard InChI is InChI=1S/C7H11N/c1-7(2)5-3-8-4-6(5)7/h3,5-6H,4H2,1-2H3. The lowest BCUT2D eigenvalue weighted by molar-refractivity contribution is 0.552. The molecule has 44 valence electrons. The summed E-state index contributed by atoms with van der Waals surface area (Å²) in [5, 5.41) is 0. The van der Waals surface area contributed by atoms with Gasteiger partial charge < -0.3 is 0 Å². The van der Waals surface area contributed by atoms with Gasteiger partial charge in [0.2, 0.25) is 0 Å². The summed E-state index contributed by atoms with van der Waals surface area (Å²) in [6, 6.07) is 0. The van der Waals surface area contributed by atoms with Crippen LogP contribution in [0.2, 0.25) is 0 Å². The van der Waals surface area contributed by atoms with Crippen LogP contribution < -0.4 is 0 Å². The molecule has 1 saturated carbocycles. The van der Waals surface area contributed by atoms with Crippen LogP contribution >= 0.6 is 0 Å². The molecule has 0 radical (unpaired) electrons. The van der Waals surface area contributed by atoms with Gasteiger partial charge in [-0.15, -0.1) is 0 Å². The fraction of sp³-hybridized carbons (Fsp3) is 0.857. The Hall–Kier alpha value is -0.330. The van der Waals surface area contributed by atoms with Crippen LogP contribution in [0, 0.1) is 17.3 Å². The third kappa shape index (κ3) is 0.320. The highest BCUT2D eigenvalue weighted by atomic mass is 14.9. The molecule has 1 heteroatoms. The molecule has 2 unspecified atom stereocenters. The molecule has 0 aromatic heterocycles. The molecule has 0 spiro atoms. The summed E-state index contributed by atoms with van der Waals surface area (Å²) in [6.07, 6.45) is 2.13. The van der Waals surface area contributed by atoms with Crippen LogP contribution in [0.1, 0.15) is 13.8 Å². The lowest BCUT2D eigenvalue weighted by atomic mass is 10.1. The van der Waals surface area contributed by atoms with Crippen molar-refractivity contribution in [3.63, 3.8) is 0 Å². The molecule has 0 aromatic rings. The van der Waals surface area contributed by atoms with Crippen molar-refractivity contribution in [1.82, 2.24) is 0 Å². The van der Waals surface area contributed by atoms with Crippen LogP contribution in [0.15, 0.2) is 4.99 Å². The monoisotopic (exact) mass is 109 g/mol. The zero-order valence-corrected chi connectivity index (χ0v) is 5.39. The number of hydrogen-bond acceptors (Lipinski definition) is 1. The molecule has 0 aromatic carbocycles. The van der Waals surface area contributed by atoms with Gasteiger partial charge >= 0.3 is 0 Å². The van der Waals surface area contributed by atoms with E-state index in [9.17, 15) is 0 Å². The van der Waals surface area contributed by atoms with Crippen molar-refractivity contribution in [2.75, 3.05) is 6.54 Å². The van der Waals surface area contributed by atoms with Gasteiger partial charge in [0, 0.05) is 18.7 Å². The SMILES string of the molecule is CC1(C)C2C=NCC21. The normalized spacial score (nSPS) is 46.8. The smallest absolute Gasteiger partial charge is 0.0425 e. The molecule has 1 fully saturated rings. The van der Waals surface area contributed by atoms with Crippen LogP contribution in [0.3, 0.4) is 0 Å². The predicted molar refractivity (Wildman–Crippen MR) is 34.1 cm³/mol. The average Bonchev–Trinajstić information content (AvgIpc) is 2.22. The summed E-state index contributed by atoms with van der Waals surface area (Å²) in [6.45, 7) is 5.75. The van der Waals surface area contributed by atoms with E-state index in [-0.39, 0.29) is 0 Å². The molecular weight excluding hydrogens is 98.1 g/mol. The molecule has 0 N–H and O–H groups in total. The number of fused-ring (bicyclic) bond motifs is 1. The van der Waals surface area contributed by atoms with Gasteiger partial charge in [-0.25, -0.2) is 0 Å². The fourth-order valence-corrected chi connectivity index (χ4v) is 1.72. The summed E-state index contributed by atoms with van der Waals surface area (Å²) in [4.78, 5) is 4.18. The number of nitrogens with zero attached hydrogens (tertiary/aromatic N) is 1. The highest BCUT2D eigenvalue weighted by molar-refractivity contribution is 5.70. The Morgan fingerprint density at radius 2 is 2.38 bits per heavy atom. The molecule has 2 aliphatic rings. The van der Waals surface area contributed by atoms with Gasteiger partial charge in [-0.1, -0.05) is 13.8 Å². The predicted octanol–water partition coefficient (Wildman–Crippen LogP) is 1.34. The molecule has 1 heterocycles. The first kappa shape index (κ1) is 4.54. The number of aliphatic imine (C=N–C) groups is 1. The largest absolute Gasteiger partial charge is 0.297 e.